The number of nitro groups is 1. The van der Waals surface area contributed by atoms with Crippen LogP contribution in [-0.4, -0.2) is 24.0 Å². The van der Waals surface area contributed by atoms with Gasteiger partial charge < -0.3 is 15.8 Å². The lowest BCUT2D eigenvalue weighted by Gasteiger charge is -2.13. The first-order chi connectivity index (χ1) is 8.99. The van der Waals surface area contributed by atoms with E-state index in [0.29, 0.717) is 12.2 Å². The maximum absolute atomic E-state index is 11.7. The average Bonchev–Trinajstić information content (AvgIpc) is 2.38. The lowest BCUT2D eigenvalue weighted by Crippen LogP contribution is -2.35. The van der Waals surface area contributed by atoms with Crippen LogP contribution in [0.25, 0.3) is 0 Å². The number of carbonyl (C=O) groups excluding carboxylic acids is 1. The topological polar surface area (TPSA) is 107 Å². The number of anilines is 1. The number of benzene rings is 1. The summed E-state index contributed by atoms with van der Waals surface area (Å²) >= 11 is 0. The molecule has 7 heteroatoms. The molecule has 1 rings (SSSR count). The second-order valence-electron chi connectivity index (χ2n) is 3.76. The van der Waals surface area contributed by atoms with Crippen molar-refractivity contribution in [1.82, 2.24) is 0 Å². The van der Waals surface area contributed by atoms with Gasteiger partial charge in [-0.3, -0.25) is 14.9 Å². The van der Waals surface area contributed by atoms with Crippen molar-refractivity contribution in [3.05, 3.63) is 41.0 Å². The molecule has 0 spiro atoms. The van der Waals surface area contributed by atoms with Crippen molar-refractivity contribution in [2.45, 2.75) is 12.5 Å². The van der Waals surface area contributed by atoms with Crippen molar-refractivity contribution in [2.75, 3.05) is 12.4 Å². The van der Waals surface area contributed by atoms with Crippen LogP contribution in [0.1, 0.15) is 6.42 Å². The smallest absolute Gasteiger partial charge is 0.271 e. The summed E-state index contributed by atoms with van der Waals surface area (Å²) in [6.07, 6.45) is 1.83. The molecule has 1 aromatic rings. The fraction of sp³-hybridized carbons (Fsp3) is 0.250. The zero-order valence-corrected chi connectivity index (χ0v) is 10.5. The lowest BCUT2D eigenvalue weighted by atomic mass is 10.2. The first-order valence-corrected chi connectivity index (χ1v) is 5.49. The Morgan fingerprint density at radius 2 is 2.37 bits per heavy atom. The summed E-state index contributed by atoms with van der Waals surface area (Å²) < 4.78 is 5.02. The Morgan fingerprint density at radius 3 is 2.89 bits per heavy atom. The highest BCUT2D eigenvalue weighted by atomic mass is 16.6. The number of hydrogen-bond donors (Lipinski definition) is 2. The highest BCUT2D eigenvalue weighted by molar-refractivity contribution is 5.96. The van der Waals surface area contributed by atoms with Crippen LogP contribution in [0.2, 0.25) is 0 Å². The zero-order valence-electron chi connectivity index (χ0n) is 10.5. The van der Waals surface area contributed by atoms with E-state index in [1.807, 2.05) is 0 Å². The molecular formula is C12H15N3O4. The van der Waals surface area contributed by atoms with E-state index in [1.165, 1.54) is 31.4 Å². The Hall–Kier alpha value is -2.41. The first kappa shape index (κ1) is 14.7. The molecular weight excluding hydrogens is 250 g/mol. The van der Waals surface area contributed by atoms with Gasteiger partial charge in [-0.25, -0.2) is 0 Å². The summed E-state index contributed by atoms with van der Waals surface area (Å²) in [5.74, 6) is -0.136. The van der Waals surface area contributed by atoms with E-state index in [9.17, 15) is 14.9 Å². The minimum atomic E-state index is -0.763. The Morgan fingerprint density at radius 1 is 1.68 bits per heavy atom. The summed E-state index contributed by atoms with van der Waals surface area (Å²) in [7, 11) is 1.40. The molecule has 19 heavy (non-hydrogen) atoms. The number of carbonyl (C=O) groups is 1. The summed E-state index contributed by atoms with van der Waals surface area (Å²) in [5, 5.41) is 13.2. The molecule has 1 atom stereocenters. The van der Waals surface area contributed by atoms with Gasteiger partial charge in [-0.2, -0.15) is 0 Å². The van der Waals surface area contributed by atoms with E-state index in [4.69, 9.17) is 10.5 Å². The first-order valence-electron chi connectivity index (χ1n) is 5.49. The van der Waals surface area contributed by atoms with Crippen molar-refractivity contribution in [3.8, 4) is 5.75 Å². The lowest BCUT2D eigenvalue weighted by molar-refractivity contribution is -0.384. The van der Waals surface area contributed by atoms with Crippen molar-refractivity contribution in [2.24, 2.45) is 5.73 Å². The van der Waals surface area contributed by atoms with Crippen LogP contribution in [0.4, 0.5) is 11.4 Å². The summed E-state index contributed by atoms with van der Waals surface area (Å²) in [6.45, 7) is 3.49. The molecule has 0 fully saturated rings. The van der Waals surface area contributed by atoms with Crippen molar-refractivity contribution >= 4 is 17.3 Å². The van der Waals surface area contributed by atoms with Crippen molar-refractivity contribution < 1.29 is 14.5 Å². The fourth-order valence-electron chi connectivity index (χ4n) is 1.42. The number of ether oxygens (including phenoxy) is 1. The summed E-state index contributed by atoms with van der Waals surface area (Å²) in [6, 6.07) is 3.16. The molecule has 0 aliphatic carbocycles. The number of nitrogens with zero attached hydrogens (tertiary/aromatic N) is 1. The van der Waals surface area contributed by atoms with Gasteiger partial charge in [0.1, 0.15) is 5.75 Å². The Labute approximate surface area is 110 Å². The largest absolute Gasteiger partial charge is 0.495 e. The van der Waals surface area contributed by atoms with E-state index in [0.717, 1.165) is 0 Å². The molecule has 0 heterocycles. The molecule has 1 unspecified atom stereocenters. The third-order valence-electron chi connectivity index (χ3n) is 2.41. The van der Waals surface area contributed by atoms with E-state index in [-0.39, 0.29) is 11.4 Å². The van der Waals surface area contributed by atoms with Crippen molar-refractivity contribution in [3.63, 3.8) is 0 Å². The maximum Gasteiger partial charge on any atom is 0.271 e. The molecule has 0 saturated heterocycles. The second kappa shape index (κ2) is 6.50. The number of methoxy groups -OCH3 is 1. The molecule has 1 amide bonds. The minimum Gasteiger partial charge on any atom is -0.495 e. The number of amides is 1. The molecule has 102 valence electrons. The zero-order chi connectivity index (χ0) is 14.4. The molecule has 0 bridgehead atoms. The number of nitro benzene ring substituents is 1. The summed E-state index contributed by atoms with van der Waals surface area (Å²) in [4.78, 5) is 21.9. The maximum atomic E-state index is 11.7. The SMILES string of the molecule is C=CCC(N)C(=O)Nc1cc([N+](=O)[O-])ccc1OC. The molecule has 3 N–H and O–H groups in total. The molecule has 0 aliphatic rings. The second-order valence-corrected chi connectivity index (χ2v) is 3.76. The van der Waals surface area contributed by atoms with Crippen LogP contribution in [0, 0.1) is 10.1 Å². The fourth-order valence-corrected chi connectivity index (χ4v) is 1.42. The number of nitrogens with two attached hydrogens (primary N) is 1. The third-order valence-corrected chi connectivity index (χ3v) is 2.41. The molecule has 0 aliphatic heterocycles. The van der Waals surface area contributed by atoms with Gasteiger partial charge in [-0.05, 0) is 12.5 Å². The van der Waals surface area contributed by atoms with Gasteiger partial charge in [0.2, 0.25) is 5.91 Å². The number of nitrogens with one attached hydrogen (secondary N) is 1. The van der Waals surface area contributed by atoms with Gasteiger partial charge in [-0.1, -0.05) is 6.08 Å². The van der Waals surface area contributed by atoms with Gasteiger partial charge in [0.25, 0.3) is 5.69 Å². The summed E-state index contributed by atoms with van der Waals surface area (Å²) in [5.41, 5.74) is 5.67. The van der Waals surface area contributed by atoms with Gasteiger partial charge in [0, 0.05) is 12.1 Å². The van der Waals surface area contributed by atoms with E-state index in [2.05, 4.69) is 11.9 Å². The van der Waals surface area contributed by atoms with Crippen LogP contribution >= 0.6 is 0 Å². The van der Waals surface area contributed by atoms with Crippen LogP contribution in [0.3, 0.4) is 0 Å². The Balaban J connectivity index is 2.97. The number of non-ortho nitro benzene ring substituents is 1. The van der Waals surface area contributed by atoms with Crippen LogP contribution < -0.4 is 15.8 Å². The van der Waals surface area contributed by atoms with Crippen LogP contribution in [0.5, 0.6) is 5.75 Å². The van der Waals surface area contributed by atoms with E-state index < -0.39 is 16.9 Å². The molecule has 1 aromatic carbocycles. The molecule has 7 nitrogen and oxygen atoms in total. The van der Waals surface area contributed by atoms with E-state index >= 15 is 0 Å². The normalized spacial score (nSPS) is 11.5. The quantitative estimate of drug-likeness (QED) is 0.459. The highest BCUT2D eigenvalue weighted by Gasteiger charge is 2.17. The van der Waals surface area contributed by atoms with Gasteiger partial charge in [-0.15, -0.1) is 6.58 Å². The molecule has 0 aromatic heterocycles. The Kier molecular flexibility index (Phi) is 5.01. The molecule has 0 radical (unpaired) electrons. The van der Waals surface area contributed by atoms with Gasteiger partial charge >= 0.3 is 0 Å². The van der Waals surface area contributed by atoms with Gasteiger partial charge in [0.15, 0.2) is 0 Å². The Bertz CT molecular complexity index is 502. The van der Waals surface area contributed by atoms with Crippen LogP contribution in [-0.2, 0) is 4.79 Å². The third kappa shape index (κ3) is 3.78. The predicted octanol–water partition coefficient (Wildman–Crippen LogP) is 1.45. The number of rotatable bonds is 6. The van der Waals surface area contributed by atoms with Gasteiger partial charge in [0.05, 0.1) is 23.8 Å². The average molecular weight is 265 g/mol. The van der Waals surface area contributed by atoms with Crippen molar-refractivity contribution in [1.29, 1.82) is 0 Å². The van der Waals surface area contributed by atoms with Crippen LogP contribution in [0.15, 0.2) is 30.9 Å². The standard InChI is InChI=1S/C12H15N3O4/c1-3-4-9(13)12(16)14-10-7-8(15(17)18)5-6-11(10)19-2/h3,5-7,9H,1,4,13H2,2H3,(H,14,16). The monoisotopic (exact) mass is 265 g/mol. The van der Waals surface area contributed by atoms with E-state index in [1.54, 1.807) is 0 Å². The predicted molar refractivity (Wildman–Crippen MR) is 71.1 cm³/mol. The highest BCUT2D eigenvalue weighted by Crippen LogP contribution is 2.28. The molecule has 0 saturated carbocycles. The number of hydrogen-bond acceptors (Lipinski definition) is 5. The minimum absolute atomic E-state index is 0.145.